The van der Waals surface area contributed by atoms with E-state index in [1.54, 1.807) is 13.0 Å². The molecule has 17 heavy (non-hydrogen) atoms. The molecule has 0 spiro atoms. The SMILES string of the molecule is Cc1nc(N)[nH]c(=O)c1Cc1ccccc1Cl. The van der Waals surface area contributed by atoms with Crippen LogP contribution in [0.3, 0.4) is 0 Å². The van der Waals surface area contributed by atoms with E-state index in [-0.39, 0.29) is 11.5 Å². The number of aromatic nitrogens is 2. The molecule has 0 aliphatic rings. The van der Waals surface area contributed by atoms with Crippen LogP contribution in [0, 0.1) is 6.92 Å². The van der Waals surface area contributed by atoms with Gasteiger partial charge in [-0.25, -0.2) is 4.98 Å². The van der Waals surface area contributed by atoms with Crippen molar-refractivity contribution in [1.29, 1.82) is 0 Å². The van der Waals surface area contributed by atoms with Crippen LogP contribution in [-0.2, 0) is 6.42 Å². The fourth-order valence-electron chi connectivity index (χ4n) is 1.67. The molecule has 0 fully saturated rings. The van der Waals surface area contributed by atoms with E-state index in [1.807, 2.05) is 18.2 Å². The van der Waals surface area contributed by atoms with Gasteiger partial charge in [-0.3, -0.25) is 9.78 Å². The molecule has 3 N–H and O–H groups in total. The van der Waals surface area contributed by atoms with Gasteiger partial charge in [0.1, 0.15) is 0 Å². The molecule has 0 bridgehead atoms. The molecule has 2 aromatic rings. The molecule has 4 nitrogen and oxygen atoms in total. The predicted octanol–water partition coefficient (Wildman–Crippen LogP) is 1.90. The van der Waals surface area contributed by atoms with Crippen LogP contribution in [0.4, 0.5) is 5.95 Å². The average molecular weight is 250 g/mol. The number of nitrogens with one attached hydrogen (secondary N) is 1. The number of aryl methyl sites for hydroxylation is 1. The lowest BCUT2D eigenvalue weighted by Gasteiger charge is -2.06. The minimum Gasteiger partial charge on any atom is -0.369 e. The third-order valence-electron chi connectivity index (χ3n) is 2.57. The maximum Gasteiger partial charge on any atom is 0.256 e. The molecule has 1 heterocycles. The van der Waals surface area contributed by atoms with Gasteiger partial charge in [0.2, 0.25) is 5.95 Å². The smallest absolute Gasteiger partial charge is 0.256 e. The van der Waals surface area contributed by atoms with Crippen LogP contribution >= 0.6 is 11.6 Å². The lowest BCUT2D eigenvalue weighted by Crippen LogP contribution is -2.18. The highest BCUT2D eigenvalue weighted by atomic mass is 35.5. The van der Waals surface area contributed by atoms with Gasteiger partial charge in [0, 0.05) is 17.0 Å². The number of hydrogen-bond acceptors (Lipinski definition) is 3. The number of benzene rings is 1. The number of anilines is 1. The average Bonchev–Trinajstić information content (AvgIpc) is 2.25. The number of nitrogen functional groups attached to an aromatic ring is 1. The van der Waals surface area contributed by atoms with Gasteiger partial charge < -0.3 is 5.73 Å². The Balaban J connectivity index is 2.44. The highest BCUT2D eigenvalue weighted by molar-refractivity contribution is 6.31. The number of aromatic amines is 1. The lowest BCUT2D eigenvalue weighted by molar-refractivity contribution is 0.991. The van der Waals surface area contributed by atoms with E-state index < -0.39 is 0 Å². The summed E-state index contributed by atoms with van der Waals surface area (Å²) >= 11 is 6.05. The first kappa shape index (κ1) is 11.7. The largest absolute Gasteiger partial charge is 0.369 e. The van der Waals surface area contributed by atoms with E-state index in [2.05, 4.69) is 9.97 Å². The Bertz CT molecular complexity index is 607. The van der Waals surface area contributed by atoms with Gasteiger partial charge >= 0.3 is 0 Å². The number of halogens is 1. The van der Waals surface area contributed by atoms with Crippen LogP contribution in [0.1, 0.15) is 16.8 Å². The maximum absolute atomic E-state index is 11.8. The second-order valence-corrected chi connectivity index (χ2v) is 4.19. The van der Waals surface area contributed by atoms with Gasteiger partial charge in [-0.2, -0.15) is 0 Å². The Morgan fingerprint density at radius 3 is 2.76 bits per heavy atom. The van der Waals surface area contributed by atoms with Crippen molar-refractivity contribution < 1.29 is 0 Å². The van der Waals surface area contributed by atoms with E-state index >= 15 is 0 Å². The van der Waals surface area contributed by atoms with Crippen molar-refractivity contribution in [2.75, 3.05) is 5.73 Å². The van der Waals surface area contributed by atoms with Crippen molar-refractivity contribution in [3.8, 4) is 0 Å². The van der Waals surface area contributed by atoms with Crippen molar-refractivity contribution in [3.05, 3.63) is 56.5 Å². The molecule has 0 aliphatic heterocycles. The molecule has 0 radical (unpaired) electrons. The third kappa shape index (κ3) is 2.47. The molecule has 1 aromatic carbocycles. The molecule has 0 atom stereocenters. The summed E-state index contributed by atoms with van der Waals surface area (Å²) in [5.74, 6) is 0.135. The third-order valence-corrected chi connectivity index (χ3v) is 2.93. The molecule has 88 valence electrons. The van der Waals surface area contributed by atoms with Crippen molar-refractivity contribution >= 4 is 17.5 Å². The van der Waals surface area contributed by atoms with Crippen molar-refractivity contribution in [2.24, 2.45) is 0 Å². The van der Waals surface area contributed by atoms with E-state index in [1.165, 1.54) is 0 Å². The van der Waals surface area contributed by atoms with Gasteiger partial charge in [-0.15, -0.1) is 0 Å². The van der Waals surface area contributed by atoms with Gasteiger partial charge in [0.05, 0.1) is 5.69 Å². The van der Waals surface area contributed by atoms with E-state index in [0.29, 0.717) is 22.7 Å². The van der Waals surface area contributed by atoms with Crippen LogP contribution in [0.15, 0.2) is 29.1 Å². The van der Waals surface area contributed by atoms with Crippen LogP contribution in [-0.4, -0.2) is 9.97 Å². The van der Waals surface area contributed by atoms with E-state index in [9.17, 15) is 4.79 Å². The molecule has 0 unspecified atom stereocenters. The zero-order valence-electron chi connectivity index (χ0n) is 9.33. The second-order valence-electron chi connectivity index (χ2n) is 3.78. The van der Waals surface area contributed by atoms with Crippen LogP contribution in [0.2, 0.25) is 5.02 Å². The standard InChI is InChI=1S/C12H12ClN3O/c1-7-9(11(17)16-12(14)15-7)6-8-4-2-3-5-10(8)13/h2-5H,6H2,1H3,(H3,14,15,16,17). The summed E-state index contributed by atoms with van der Waals surface area (Å²) < 4.78 is 0. The van der Waals surface area contributed by atoms with Gasteiger partial charge in [0.15, 0.2) is 0 Å². The fourth-order valence-corrected chi connectivity index (χ4v) is 1.88. The Kier molecular flexibility index (Phi) is 3.15. The van der Waals surface area contributed by atoms with Gasteiger partial charge in [-0.1, -0.05) is 29.8 Å². The van der Waals surface area contributed by atoms with Gasteiger partial charge in [-0.05, 0) is 18.6 Å². The number of hydrogen-bond donors (Lipinski definition) is 2. The Morgan fingerprint density at radius 1 is 1.41 bits per heavy atom. The van der Waals surface area contributed by atoms with Crippen LogP contribution < -0.4 is 11.3 Å². The quantitative estimate of drug-likeness (QED) is 0.854. The molecule has 2 rings (SSSR count). The summed E-state index contributed by atoms with van der Waals surface area (Å²) in [6, 6.07) is 7.42. The Hall–Kier alpha value is -1.81. The first-order valence-corrected chi connectivity index (χ1v) is 5.54. The summed E-state index contributed by atoms with van der Waals surface area (Å²) in [7, 11) is 0. The second kappa shape index (κ2) is 4.59. The molecule has 1 aromatic heterocycles. The molecular formula is C12H12ClN3O. The Labute approximate surface area is 103 Å². The topological polar surface area (TPSA) is 71.8 Å². The molecular weight excluding hydrogens is 238 g/mol. The lowest BCUT2D eigenvalue weighted by atomic mass is 10.1. The number of rotatable bonds is 2. The maximum atomic E-state index is 11.8. The molecule has 0 aliphatic carbocycles. The Morgan fingerprint density at radius 2 is 2.12 bits per heavy atom. The van der Waals surface area contributed by atoms with Crippen molar-refractivity contribution in [3.63, 3.8) is 0 Å². The highest BCUT2D eigenvalue weighted by Crippen LogP contribution is 2.18. The molecule has 0 saturated heterocycles. The predicted molar refractivity (Wildman–Crippen MR) is 68.3 cm³/mol. The number of nitrogens with zero attached hydrogens (tertiary/aromatic N) is 1. The molecule has 5 heteroatoms. The number of nitrogens with two attached hydrogens (primary N) is 1. The normalized spacial score (nSPS) is 10.5. The monoisotopic (exact) mass is 249 g/mol. The first-order valence-electron chi connectivity index (χ1n) is 5.16. The summed E-state index contributed by atoms with van der Waals surface area (Å²) in [4.78, 5) is 18.3. The highest BCUT2D eigenvalue weighted by Gasteiger charge is 2.09. The fraction of sp³-hybridized carbons (Fsp3) is 0.167. The minimum absolute atomic E-state index is 0.135. The summed E-state index contributed by atoms with van der Waals surface area (Å²) in [6.45, 7) is 1.76. The molecule has 0 amide bonds. The van der Waals surface area contributed by atoms with Crippen molar-refractivity contribution in [2.45, 2.75) is 13.3 Å². The number of H-pyrrole nitrogens is 1. The van der Waals surface area contributed by atoms with Crippen molar-refractivity contribution in [1.82, 2.24) is 9.97 Å². The zero-order chi connectivity index (χ0) is 12.4. The van der Waals surface area contributed by atoms with E-state index in [4.69, 9.17) is 17.3 Å². The minimum atomic E-state index is -0.213. The zero-order valence-corrected chi connectivity index (χ0v) is 10.1. The molecule has 0 saturated carbocycles. The summed E-state index contributed by atoms with van der Waals surface area (Å²) in [5.41, 5.74) is 7.36. The summed E-state index contributed by atoms with van der Waals surface area (Å²) in [5, 5.41) is 0.642. The van der Waals surface area contributed by atoms with E-state index in [0.717, 1.165) is 5.56 Å². The van der Waals surface area contributed by atoms with Crippen LogP contribution in [0.25, 0.3) is 0 Å². The summed E-state index contributed by atoms with van der Waals surface area (Å²) in [6.07, 6.45) is 0.452. The van der Waals surface area contributed by atoms with Gasteiger partial charge in [0.25, 0.3) is 5.56 Å². The van der Waals surface area contributed by atoms with Crippen LogP contribution in [0.5, 0.6) is 0 Å². The first-order chi connectivity index (χ1) is 8.08.